The van der Waals surface area contributed by atoms with Gasteiger partial charge >= 0.3 is 5.97 Å². The second-order valence-corrected chi connectivity index (χ2v) is 10.1. The molecule has 0 N–H and O–H groups in total. The number of piperidine rings is 1. The van der Waals surface area contributed by atoms with E-state index in [1.807, 2.05) is 65.6 Å². The number of benzene rings is 3. The zero-order chi connectivity index (χ0) is 26.7. The highest BCUT2D eigenvalue weighted by Gasteiger charge is 2.46. The van der Waals surface area contributed by atoms with Gasteiger partial charge in [0.1, 0.15) is 11.5 Å². The van der Waals surface area contributed by atoms with Gasteiger partial charge in [0.05, 0.1) is 33.3 Å². The molecule has 1 spiro atoms. The molecule has 3 aromatic carbocycles. The van der Waals surface area contributed by atoms with Gasteiger partial charge in [-0.25, -0.2) is 4.79 Å². The second-order valence-electron chi connectivity index (χ2n) is 10.1. The number of methoxy groups -OCH3 is 3. The predicted molar refractivity (Wildman–Crippen MR) is 146 cm³/mol. The lowest BCUT2D eigenvalue weighted by molar-refractivity contribution is -0.118. The highest BCUT2D eigenvalue weighted by Crippen LogP contribution is 2.48. The van der Waals surface area contributed by atoms with E-state index < -0.39 is 0 Å². The SMILES string of the molecule is COC(=O)c1ccc(CN2CCC3(CC2)CN(C(=O)Cc2ccc(OC)cc2)c2ccc(OC)cc23)cc1. The van der Waals surface area contributed by atoms with Gasteiger partial charge < -0.3 is 19.1 Å². The van der Waals surface area contributed by atoms with Crippen molar-refractivity contribution < 1.29 is 23.8 Å². The first-order valence-corrected chi connectivity index (χ1v) is 13.0. The molecule has 0 radical (unpaired) electrons. The van der Waals surface area contributed by atoms with Gasteiger partial charge in [-0.05, 0) is 85.1 Å². The van der Waals surface area contributed by atoms with Crippen molar-refractivity contribution in [2.75, 3.05) is 45.9 Å². The topological polar surface area (TPSA) is 68.3 Å². The molecule has 0 saturated carbocycles. The molecule has 0 bridgehead atoms. The van der Waals surface area contributed by atoms with Gasteiger partial charge in [0.25, 0.3) is 0 Å². The third-order valence-electron chi connectivity index (χ3n) is 7.94. The molecule has 198 valence electrons. The van der Waals surface area contributed by atoms with Crippen LogP contribution in [0.15, 0.2) is 66.7 Å². The van der Waals surface area contributed by atoms with Crippen molar-refractivity contribution in [3.8, 4) is 11.5 Å². The maximum Gasteiger partial charge on any atom is 0.337 e. The maximum absolute atomic E-state index is 13.5. The Morgan fingerprint density at radius 2 is 1.45 bits per heavy atom. The summed E-state index contributed by atoms with van der Waals surface area (Å²) in [6, 6.07) is 21.4. The number of likely N-dealkylation sites (tertiary alicyclic amines) is 1. The zero-order valence-corrected chi connectivity index (χ0v) is 22.2. The number of ether oxygens (including phenoxy) is 3. The van der Waals surface area contributed by atoms with Crippen LogP contribution < -0.4 is 14.4 Å². The van der Waals surface area contributed by atoms with Crippen molar-refractivity contribution in [2.45, 2.75) is 31.2 Å². The van der Waals surface area contributed by atoms with E-state index in [1.54, 1.807) is 14.2 Å². The van der Waals surface area contributed by atoms with Crippen LogP contribution in [0.4, 0.5) is 5.69 Å². The number of nitrogens with zero attached hydrogens (tertiary/aromatic N) is 2. The van der Waals surface area contributed by atoms with Crippen LogP contribution in [0.5, 0.6) is 11.5 Å². The van der Waals surface area contributed by atoms with Crippen LogP contribution in [0.25, 0.3) is 0 Å². The zero-order valence-electron chi connectivity index (χ0n) is 22.2. The minimum Gasteiger partial charge on any atom is -0.497 e. The third kappa shape index (κ3) is 5.11. The summed E-state index contributed by atoms with van der Waals surface area (Å²) in [7, 11) is 4.72. The van der Waals surface area contributed by atoms with E-state index in [1.165, 1.54) is 18.2 Å². The summed E-state index contributed by atoms with van der Waals surface area (Å²) in [5.41, 5.74) is 4.81. The molecule has 2 aliphatic rings. The molecule has 0 aromatic heterocycles. The van der Waals surface area contributed by atoms with Crippen LogP contribution in [0.3, 0.4) is 0 Å². The molecule has 1 fully saturated rings. The first-order chi connectivity index (χ1) is 18.4. The van der Waals surface area contributed by atoms with Gasteiger partial charge in [-0.3, -0.25) is 9.69 Å². The molecular formula is C31H34N2O5. The van der Waals surface area contributed by atoms with Crippen molar-refractivity contribution in [3.05, 3.63) is 89.0 Å². The number of fused-ring (bicyclic) bond motifs is 2. The lowest BCUT2D eigenvalue weighted by Gasteiger charge is -2.40. The van der Waals surface area contributed by atoms with E-state index in [0.717, 1.165) is 55.2 Å². The van der Waals surface area contributed by atoms with E-state index in [9.17, 15) is 9.59 Å². The Labute approximate surface area is 223 Å². The van der Waals surface area contributed by atoms with E-state index in [0.29, 0.717) is 18.5 Å². The summed E-state index contributed by atoms with van der Waals surface area (Å²) in [5.74, 6) is 1.38. The van der Waals surface area contributed by atoms with Crippen LogP contribution >= 0.6 is 0 Å². The Kier molecular flexibility index (Phi) is 7.38. The fraction of sp³-hybridized carbons (Fsp3) is 0.355. The lowest BCUT2D eigenvalue weighted by atomic mass is 9.74. The van der Waals surface area contributed by atoms with Crippen LogP contribution in [-0.4, -0.2) is 57.7 Å². The maximum atomic E-state index is 13.5. The lowest BCUT2D eigenvalue weighted by Crippen LogP contribution is -2.46. The molecule has 38 heavy (non-hydrogen) atoms. The highest BCUT2D eigenvalue weighted by molar-refractivity contribution is 5.97. The normalized spacial score (nSPS) is 16.2. The second kappa shape index (κ2) is 10.9. The summed E-state index contributed by atoms with van der Waals surface area (Å²) >= 11 is 0. The predicted octanol–water partition coefficient (Wildman–Crippen LogP) is 4.61. The van der Waals surface area contributed by atoms with E-state index in [4.69, 9.17) is 14.2 Å². The summed E-state index contributed by atoms with van der Waals surface area (Å²) in [4.78, 5) is 29.7. The highest BCUT2D eigenvalue weighted by atomic mass is 16.5. The number of esters is 1. The van der Waals surface area contributed by atoms with Crippen molar-refractivity contribution >= 4 is 17.6 Å². The molecule has 7 heteroatoms. The summed E-state index contributed by atoms with van der Waals surface area (Å²) in [6.07, 6.45) is 2.26. The number of carbonyl (C=O) groups is 2. The Bertz CT molecular complexity index is 1290. The standard InChI is InChI=1S/C31H34N2O5/c1-36-25-10-6-22(7-11-25)18-29(34)33-21-31(27-19-26(37-2)12-13-28(27)33)14-16-32(17-15-31)20-23-4-8-24(9-5-23)30(35)38-3/h4-13,19H,14-18,20-21H2,1-3H3. The molecule has 7 nitrogen and oxygen atoms in total. The molecule has 1 saturated heterocycles. The smallest absolute Gasteiger partial charge is 0.337 e. The summed E-state index contributed by atoms with van der Waals surface area (Å²) in [5, 5.41) is 0. The van der Waals surface area contributed by atoms with Crippen molar-refractivity contribution in [1.29, 1.82) is 0 Å². The van der Waals surface area contributed by atoms with Crippen molar-refractivity contribution in [1.82, 2.24) is 4.90 Å². The monoisotopic (exact) mass is 514 g/mol. The van der Waals surface area contributed by atoms with Crippen LogP contribution in [0, 0.1) is 0 Å². The van der Waals surface area contributed by atoms with Crippen LogP contribution in [0.1, 0.15) is 39.9 Å². The summed E-state index contributed by atoms with van der Waals surface area (Å²) < 4.78 is 15.6. The van der Waals surface area contributed by atoms with Gasteiger partial charge in [0.2, 0.25) is 5.91 Å². The van der Waals surface area contributed by atoms with Gasteiger partial charge in [-0.2, -0.15) is 0 Å². The van der Waals surface area contributed by atoms with Crippen molar-refractivity contribution in [2.24, 2.45) is 0 Å². The van der Waals surface area contributed by atoms with Crippen LogP contribution in [0.2, 0.25) is 0 Å². The molecular weight excluding hydrogens is 480 g/mol. The number of hydrogen-bond acceptors (Lipinski definition) is 6. The fourth-order valence-electron chi connectivity index (χ4n) is 5.70. The van der Waals surface area contributed by atoms with E-state index in [-0.39, 0.29) is 17.3 Å². The Morgan fingerprint density at radius 1 is 0.816 bits per heavy atom. The molecule has 0 unspecified atom stereocenters. The molecule has 0 aliphatic carbocycles. The van der Waals surface area contributed by atoms with Crippen LogP contribution in [-0.2, 0) is 27.9 Å². The van der Waals surface area contributed by atoms with E-state index >= 15 is 0 Å². The fourth-order valence-corrected chi connectivity index (χ4v) is 5.70. The molecule has 2 heterocycles. The number of amides is 1. The average Bonchev–Trinajstić information content (AvgIpc) is 3.28. The van der Waals surface area contributed by atoms with Crippen molar-refractivity contribution in [3.63, 3.8) is 0 Å². The third-order valence-corrected chi connectivity index (χ3v) is 7.94. The first kappa shape index (κ1) is 25.8. The molecule has 5 rings (SSSR count). The number of anilines is 1. The number of hydrogen-bond donors (Lipinski definition) is 0. The Hall–Kier alpha value is -3.84. The molecule has 1 amide bonds. The molecule has 3 aromatic rings. The van der Waals surface area contributed by atoms with Gasteiger partial charge in [0, 0.05) is 24.2 Å². The Morgan fingerprint density at radius 3 is 2.08 bits per heavy atom. The average molecular weight is 515 g/mol. The molecule has 0 atom stereocenters. The first-order valence-electron chi connectivity index (χ1n) is 13.0. The van der Waals surface area contributed by atoms with Gasteiger partial charge in [-0.15, -0.1) is 0 Å². The summed E-state index contributed by atoms with van der Waals surface area (Å²) in [6.45, 7) is 3.36. The quantitative estimate of drug-likeness (QED) is 0.429. The molecule has 2 aliphatic heterocycles. The minimum absolute atomic E-state index is 0.0926. The van der Waals surface area contributed by atoms with Gasteiger partial charge in [0.15, 0.2) is 0 Å². The largest absolute Gasteiger partial charge is 0.497 e. The number of rotatable bonds is 7. The minimum atomic E-state index is -0.321. The van der Waals surface area contributed by atoms with Gasteiger partial charge in [-0.1, -0.05) is 24.3 Å². The Balaban J connectivity index is 1.30. The van der Waals surface area contributed by atoms with E-state index in [2.05, 4.69) is 11.0 Å². The number of carbonyl (C=O) groups excluding carboxylic acids is 2.